The van der Waals surface area contributed by atoms with Crippen LogP contribution in [0.2, 0.25) is 0 Å². The lowest BCUT2D eigenvalue weighted by molar-refractivity contribution is 0.127. The van der Waals surface area contributed by atoms with Gasteiger partial charge in [-0.25, -0.2) is 0 Å². The Morgan fingerprint density at radius 2 is 2.07 bits per heavy atom. The van der Waals surface area contributed by atoms with Gasteiger partial charge in [0, 0.05) is 0 Å². The van der Waals surface area contributed by atoms with E-state index in [9.17, 15) is 0 Å². The molecule has 0 N–H and O–H groups in total. The number of hydrogen-bond acceptors (Lipinski definition) is 0. The van der Waals surface area contributed by atoms with E-state index in [-0.39, 0.29) is 5.41 Å². The van der Waals surface area contributed by atoms with E-state index in [1.807, 2.05) is 0 Å². The van der Waals surface area contributed by atoms with Gasteiger partial charge in [-0.1, -0.05) is 39.0 Å². The van der Waals surface area contributed by atoms with Gasteiger partial charge < -0.3 is 0 Å². The molecule has 15 heavy (non-hydrogen) atoms. The quantitative estimate of drug-likeness (QED) is 0.580. The summed E-state index contributed by atoms with van der Waals surface area (Å²) in [6.45, 7) is 17.4. The largest absolute Gasteiger partial charge is 0.103 e. The van der Waals surface area contributed by atoms with Crippen molar-refractivity contribution >= 4 is 0 Å². The summed E-state index contributed by atoms with van der Waals surface area (Å²) in [7, 11) is 0. The minimum atomic E-state index is 0.289. The van der Waals surface area contributed by atoms with Crippen LogP contribution in [-0.4, -0.2) is 0 Å². The Hall–Kier alpha value is -0.520. The first-order chi connectivity index (χ1) is 6.90. The van der Waals surface area contributed by atoms with E-state index in [0.29, 0.717) is 5.92 Å². The molecule has 1 unspecified atom stereocenters. The van der Waals surface area contributed by atoms with Crippen LogP contribution < -0.4 is 0 Å². The SMILES string of the molecule is C=C[C@]1(C)CCC(C(C)C)C[C@H]1C(=C)C. The van der Waals surface area contributed by atoms with Gasteiger partial charge in [0.25, 0.3) is 0 Å². The van der Waals surface area contributed by atoms with Crippen LogP contribution in [0.4, 0.5) is 0 Å². The van der Waals surface area contributed by atoms with Gasteiger partial charge in [-0.3, -0.25) is 0 Å². The van der Waals surface area contributed by atoms with Crippen LogP contribution in [0.25, 0.3) is 0 Å². The van der Waals surface area contributed by atoms with Crippen LogP contribution >= 0.6 is 0 Å². The average molecular weight is 206 g/mol. The predicted octanol–water partition coefficient (Wildman–Crippen LogP) is 4.83. The third-order valence-electron chi connectivity index (χ3n) is 4.39. The normalized spacial score (nSPS) is 36.6. The molecule has 1 fully saturated rings. The van der Waals surface area contributed by atoms with Crippen molar-refractivity contribution in [1.29, 1.82) is 0 Å². The van der Waals surface area contributed by atoms with Crippen molar-refractivity contribution in [2.24, 2.45) is 23.2 Å². The lowest BCUT2D eigenvalue weighted by atomic mass is 9.60. The van der Waals surface area contributed by atoms with Crippen molar-refractivity contribution in [2.45, 2.75) is 47.0 Å². The third-order valence-corrected chi connectivity index (χ3v) is 4.39. The molecule has 0 heteroatoms. The van der Waals surface area contributed by atoms with Crippen LogP contribution in [-0.2, 0) is 0 Å². The molecule has 0 aromatic heterocycles. The second-order valence-electron chi connectivity index (χ2n) is 5.89. The minimum Gasteiger partial charge on any atom is -0.103 e. The summed E-state index contributed by atoms with van der Waals surface area (Å²) in [5.41, 5.74) is 1.62. The third kappa shape index (κ3) is 2.53. The summed E-state index contributed by atoms with van der Waals surface area (Å²) in [6, 6.07) is 0. The minimum absolute atomic E-state index is 0.289. The van der Waals surface area contributed by atoms with E-state index in [0.717, 1.165) is 11.8 Å². The molecule has 0 aliphatic heterocycles. The summed E-state index contributed by atoms with van der Waals surface area (Å²) >= 11 is 0. The van der Waals surface area contributed by atoms with Gasteiger partial charge in [-0.05, 0) is 49.4 Å². The molecule has 1 aliphatic rings. The number of hydrogen-bond donors (Lipinski definition) is 0. The lowest BCUT2D eigenvalue weighted by Gasteiger charge is -2.44. The molecular formula is C15H26. The van der Waals surface area contributed by atoms with Crippen LogP contribution in [0, 0.1) is 23.2 Å². The van der Waals surface area contributed by atoms with Crippen molar-refractivity contribution in [3.8, 4) is 0 Å². The maximum absolute atomic E-state index is 4.17. The number of rotatable bonds is 3. The maximum Gasteiger partial charge on any atom is -0.00838 e. The molecular weight excluding hydrogens is 180 g/mol. The Balaban J connectivity index is 2.83. The zero-order chi connectivity index (χ0) is 11.6. The van der Waals surface area contributed by atoms with Crippen LogP contribution in [0.15, 0.2) is 24.8 Å². The molecule has 0 aromatic rings. The highest BCUT2D eigenvalue weighted by Gasteiger charge is 2.38. The molecule has 1 aliphatic carbocycles. The molecule has 1 rings (SSSR count). The monoisotopic (exact) mass is 206 g/mol. The highest BCUT2D eigenvalue weighted by molar-refractivity contribution is 5.12. The molecule has 0 saturated heterocycles. The average Bonchev–Trinajstić information content (AvgIpc) is 2.17. The van der Waals surface area contributed by atoms with Gasteiger partial charge in [-0.2, -0.15) is 0 Å². The van der Waals surface area contributed by atoms with E-state index in [1.165, 1.54) is 24.8 Å². The van der Waals surface area contributed by atoms with Crippen molar-refractivity contribution in [3.63, 3.8) is 0 Å². The Morgan fingerprint density at radius 3 is 2.47 bits per heavy atom. The second kappa shape index (κ2) is 4.55. The van der Waals surface area contributed by atoms with Gasteiger partial charge in [-0.15, -0.1) is 6.58 Å². The molecule has 0 nitrogen and oxygen atoms in total. The molecule has 1 saturated carbocycles. The zero-order valence-electron chi connectivity index (χ0n) is 10.8. The van der Waals surface area contributed by atoms with E-state index >= 15 is 0 Å². The first-order valence-electron chi connectivity index (χ1n) is 6.19. The van der Waals surface area contributed by atoms with E-state index in [2.05, 4.69) is 46.9 Å². The molecule has 0 spiro atoms. The Kier molecular flexibility index (Phi) is 3.81. The van der Waals surface area contributed by atoms with E-state index in [4.69, 9.17) is 0 Å². The topological polar surface area (TPSA) is 0 Å². The summed E-state index contributed by atoms with van der Waals surface area (Å²) in [6.07, 6.45) is 6.08. The fraction of sp³-hybridized carbons (Fsp3) is 0.733. The van der Waals surface area contributed by atoms with Crippen LogP contribution in [0.1, 0.15) is 47.0 Å². The molecule has 0 aromatic carbocycles. The highest BCUT2D eigenvalue weighted by Crippen LogP contribution is 2.48. The van der Waals surface area contributed by atoms with Gasteiger partial charge >= 0.3 is 0 Å². The van der Waals surface area contributed by atoms with Crippen molar-refractivity contribution in [1.82, 2.24) is 0 Å². The molecule has 86 valence electrons. The zero-order valence-corrected chi connectivity index (χ0v) is 10.8. The number of allylic oxidation sites excluding steroid dienone is 2. The van der Waals surface area contributed by atoms with Crippen molar-refractivity contribution in [3.05, 3.63) is 24.8 Å². The first-order valence-corrected chi connectivity index (χ1v) is 6.19. The first kappa shape index (κ1) is 12.5. The second-order valence-corrected chi connectivity index (χ2v) is 5.89. The molecule has 0 amide bonds. The van der Waals surface area contributed by atoms with Gasteiger partial charge in [0.1, 0.15) is 0 Å². The van der Waals surface area contributed by atoms with Crippen LogP contribution in [0.5, 0.6) is 0 Å². The van der Waals surface area contributed by atoms with E-state index < -0.39 is 0 Å². The molecule has 3 atom stereocenters. The van der Waals surface area contributed by atoms with Gasteiger partial charge in [0.05, 0.1) is 0 Å². The Morgan fingerprint density at radius 1 is 1.47 bits per heavy atom. The fourth-order valence-corrected chi connectivity index (χ4v) is 2.97. The van der Waals surface area contributed by atoms with Crippen LogP contribution in [0.3, 0.4) is 0 Å². The molecule has 0 heterocycles. The van der Waals surface area contributed by atoms with Gasteiger partial charge in [0.2, 0.25) is 0 Å². The fourth-order valence-electron chi connectivity index (χ4n) is 2.97. The van der Waals surface area contributed by atoms with Gasteiger partial charge in [0.15, 0.2) is 0 Å². The predicted molar refractivity (Wildman–Crippen MR) is 68.8 cm³/mol. The van der Waals surface area contributed by atoms with E-state index in [1.54, 1.807) is 0 Å². The summed E-state index contributed by atoms with van der Waals surface area (Å²) in [5.74, 6) is 2.32. The maximum atomic E-state index is 4.17. The highest BCUT2D eigenvalue weighted by atomic mass is 14.4. The van der Waals surface area contributed by atoms with Crippen molar-refractivity contribution < 1.29 is 0 Å². The lowest BCUT2D eigenvalue weighted by Crippen LogP contribution is -2.34. The summed E-state index contributed by atoms with van der Waals surface area (Å²) in [5, 5.41) is 0. The van der Waals surface area contributed by atoms with Crippen molar-refractivity contribution in [2.75, 3.05) is 0 Å². The summed E-state index contributed by atoms with van der Waals surface area (Å²) < 4.78 is 0. The molecule has 0 bridgehead atoms. The summed E-state index contributed by atoms with van der Waals surface area (Å²) in [4.78, 5) is 0. The Labute approximate surface area is 95.5 Å². The standard InChI is InChI=1S/C15H26/c1-7-15(6)9-8-13(11(2)3)10-14(15)12(4)5/h7,11,13-14H,1,4,8-10H2,2-3,5-6H3/t13?,14-,15+/m0/s1. The Bertz CT molecular complexity index is 249. The molecule has 0 radical (unpaired) electrons. The smallest absolute Gasteiger partial charge is 0.00838 e.